The number of fused-ring (bicyclic) bond motifs is 1. The molecule has 6 heteroatoms. The number of aliphatic hydroxyl groups is 1. The number of hydrogen-bond acceptors (Lipinski definition) is 6. The Morgan fingerprint density at radius 3 is 2.44 bits per heavy atom. The number of phenolic OH excluding ortho intramolecular Hbond substituents is 2. The number of phenols is 2. The van der Waals surface area contributed by atoms with Gasteiger partial charge in [0.05, 0.1) is 7.11 Å². The maximum Gasteiger partial charge on any atom is 0.204 e. The second-order valence-corrected chi connectivity index (χ2v) is 6.66. The van der Waals surface area contributed by atoms with E-state index in [-0.39, 0.29) is 34.8 Å². The van der Waals surface area contributed by atoms with Crippen molar-refractivity contribution >= 4 is 5.78 Å². The Bertz CT molecular complexity index is 897. The first-order valence-corrected chi connectivity index (χ1v) is 8.58. The molecule has 0 bridgehead atoms. The number of ketones is 1. The van der Waals surface area contributed by atoms with E-state index in [9.17, 15) is 20.1 Å². The summed E-state index contributed by atoms with van der Waals surface area (Å²) in [6.07, 6.45) is -0.452. The number of Topliss-reactive ketones (excluding diaryl/α,β-unsaturated/α-hetero) is 1. The fourth-order valence-electron chi connectivity index (χ4n) is 3.13. The molecule has 0 radical (unpaired) electrons. The van der Waals surface area contributed by atoms with Crippen LogP contribution in [0.15, 0.2) is 42.0 Å². The highest BCUT2D eigenvalue weighted by molar-refractivity contribution is 6.07. The molecule has 1 heterocycles. The van der Waals surface area contributed by atoms with Gasteiger partial charge in [0.25, 0.3) is 0 Å². The molecule has 2 atom stereocenters. The molecule has 2 aromatic carbocycles. The summed E-state index contributed by atoms with van der Waals surface area (Å²) in [5, 5.41) is 31.7. The molecular weight excluding hydrogens is 348 g/mol. The lowest BCUT2D eigenvalue weighted by atomic mass is 9.90. The van der Waals surface area contributed by atoms with E-state index in [0.29, 0.717) is 5.56 Å². The molecular formula is C21H22O6. The molecule has 3 rings (SSSR count). The summed E-state index contributed by atoms with van der Waals surface area (Å²) >= 11 is 0. The van der Waals surface area contributed by atoms with Crippen LogP contribution in [0.3, 0.4) is 0 Å². The third-order valence-electron chi connectivity index (χ3n) is 4.55. The quantitative estimate of drug-likeness (QED) is 0.715. The molecule has 0 unspecified atom stereocenters. The second kappa shape index (κ2) is 7.32. The van der Waals surface area contributed by atoms with Gasteiger partial charge in [-0.05, 0) is 25.8 Å². The second-order valence-electron chi connectivity index (χ2n) is 6.66. The van der Waals surface area contributed by atoms with Crippen molar-refractivity contribution in [2.24, 2.45) is 0 Å². The predicted octanol–water partition coefficient (Wildman–Crippen LogP) is 3.29. The highest BCUT2D eigenvalue weighted by Crippen LogP contribution is 2.52. The third-order valence-corrected chi connectivity index (χ3v) is 4.55. The average Bonchev–Trinajstić information content (AvgIpc) is 2.65. The third kappa shape index (κ3) is 3.24. The summed E-state index contributed by atoms with van der Waals surface area (Å²) in [4.78, 5) is 12.8. The van der Waals surface area contributed by atoms with Crippen LogP contribution >= 0.6 is 0 Å². The minimum Gasteiger partial charge on any atom is -0.507 e. The van der Waals surface area contributed by atoms with E-state index in [1.54, 1.807) is 30.3 Å². The van der Waals surface area contributed by atoms with Crippen molar-refractivity contribution in [1.29, 1.82) is 0 Å². The number of aliphatic hydroxyl groups excluding tert-OH is 1. The number of allylic oxidation sites excluding steroid dienone is 2. The monoisotopic (exact) mass is 370 g/mol. The Labute approximate surface area is 157 Å². The molecule has 0 aliphatic carbocycles. The minimum absolute atomic E-state index is 0.0406. The van der Waals surface area contributed by atoms with Crippen LogP contribution in [0.5, 0.6) is 23.0 Å². The Kier molecular flexibility index (Phi) is 5.10. The van der Waals surface area contributed by atoms with Crippen molar-refractivity contribution in [3.05, 3.63) is 58.7 Å². The highest BCUT2D eigenvalue weighted by atomic mass is 16.5. The zero-order chi connectivity index (χ0) is 19.7. The van der Waals surface area contributed by atoms with Crippen LogP contribution < -0.4 is 9.47 Å². The molecule has 0 fully saturated rings. The van der Waals surface area contributed by atoms with Crippen molar-refractivity contribution in [2.75, 3.05) is 7.11 Å². The Hall–Kier alpha value is -2.99. The van der Waals surface area contributed by atoms with Gasteiger partial charge in [0.1, 0.15) is 11.3 Å². The lowest BCUT2D eigenvalue weighted by Crippen LogP contribution is -2.36. The van der Waals surface area contributed by atoms with Gasteiger partial charge >= 0.3 is 0 Å². The molecule has 142 valence electrons. The molecule has 6 nitrogen and oxygen atoms in total. The van der Waals surface area contributed by atoms with Gasteiger partial charge in [-0.15, -0.1) is 0 Å². The predicted molar refractivity (Wildman–Crippen MR) is 99.6 cm³/mol. The fraction of sp³-hybridized carbons (Fsp3) is 0.286. The SMILES string of the molecule is COc1c(O)c(CC=C(C)C)c(O)c2c1O[C@H](c1ccccc1)[C@@H](O)C2=O. The number of hydrogen-bond donors (Lipinski definition) is 3. The summed E-state index contributed by atoms with van der Waals surface area (Å²) in [6.45, 7) is 3.76. The summed E-state index contributed by atoms with van der Waals surface area (Å²) in [5.41, 5.74) is 1.55. The molecule has 0 spiro atoms. The van der Waals surface area contributed by atoms with Gasteiger partial charge in [-0.1, -0.05) is 42.0 Å². The van der Waals surface area contributed by atoms with Crippen molar-refractivity contribution in [3.63, 3.8) is 0 Å². The van der Waals surface area contributed by atoms with Crippen molar-refractivity contribution in [1.82, 2.24) is 0 Å². The minimum atomic E-state index is -1.49. The van der Waals surface area contributed by atoms with Crippen LogP contribution in [-0.4, -0.2) is 34.3 Å². The fourth-order valence-corrected chi connectivity index (χ4v) is 3.13. The van der Waals surface area contributed by atoms with Crippen molar-refractivity contribution < 1.29 is 29.6 Å². The van der Waals surface area contributed by atoms with Crippen molar-refractivity contribution in [3.8, 4) is 23.0 Å². The van der Waals surface area contributed by atoms with Crippen LogP contribution in [0.2, 0.25) is 0 Å². The van der Waals surface area contributed by atoms with E-state index in [4.69, 9.17) is 9.47 Å². The summed E-state index contributed by atoms with van der Waals surface area (Å²) < 4.78 is 11.1. The first-order valence-electron chi connectivity index (χ1n) is 8.58. The van der Waals surface area contributed by atoms with Gasteiger partial charge < -0.3 is 24.8 Å². The zero-order valence-electron chi connectivity index (χ0n) is 15.4. The van der Waals surface area contributed by atoms with Crippen LogP contribution in [0.25, 0.3) is 0 Å². The van der Waals surface area contributed by atoms with E-state index >= 15 is 0 Å². The van der Waals surface area contributed by atoms with Crippen molar-refractivity contribution in [2.45, 2.75) is 32.5 Å². The Morgan fingerprint density at radius 1 is 1.19 bits per heavy atom. The summed E-state index contributed by atoms with van der Waals surface area (Å²) in [6, 6.07) is 8.78. The largest absolute Gasteiger partial charge is 0.507 e. The van der Waals surface area contributed by atoms with Gasteiger partial charge in [-0.25, -0.2) is 0 Å². The molecule has 0 amide bonds. The number of methoxy groups -OCH3 is 1. The van der Waals surface area contributed by atoms with E-state index in [2.05, 4.69) is 0 Å². The number of rotatable bonds is 4. The first kappa shape index (κ1) is 18.8. The molecule has 0 saturated carbocycles. The molecule has 0 aromatic heterocycles. The van der Waals surface area contributed by atoms with Crippen LogP contribution in [-0.2, 0) is 6.42 Å². The summed E-state index contributed by atoms with van der Waals surface area (Å²) in [7, 11) is 1.34. The number of ether oxygens (including phenoxy) is 2. The van der Waals surface area contributed by atoms with Crippen LogP contribution in [0, 0.1) is 0 Å². The Balaban J connectivity index is 2.18. The van der Waals surface area contributed by atoms with Gasteiger partial charge in [0.2, 0.25) is 11.5 Å². The van der Waals surface area contributed by atoms with E-state index in [1.165, 1.54) is 7.11 Å². The van der Waals surface area contributed by atoms with Gasteiger partial charge in [0.15, 0.2) is 23.7 Å². The van der Waals surface area contributed by atoms with Gasteiger partial charge in [-0.3, -0.25) is 4.79 Å². The number of carbonyl (C=O) groups is 1. The number of carbonyl (C=O) groups excluding carboxylic acids is 1. The van der Waals surface area contributed by atoms with Gasteiger partial charge in [-0.2, -0.15) is 0 Å². The first-order chi connectivity index (χ1) is 12.9. The molecule has 1 aliphatic rings. The maximum absolute atomic E-state index is 12.8. The van der Waals surface area contributed by atoms with Crippen LogP contribution in [0.1, 0.15) is 41.4 Å². The van der Waals surface area contributed by atoms with E-state index in [0.717, 1.165) is 5.57 Å². The molecule has 1 aliphatic heterocycles. The van der Waals surface area contributed by atoms with Crippen LogP contribution in [0.4, 0.5) is 0 Å². The molecule has 27 heavy (non-hydrogen) atoms. The lowest BCUT2D eigenvalue weighted by Gasteiger charge is -2.32. The molecule has 3 N–H and O–H groups in total. The zero-order valence-corrected chi connectivity index (χ0v) is 15.4. The molecule has 2 aromatic rings. The summed E-state index contributed by atoms with van der Waals surface area (Å²) in [5.74, 6) is -1.49. The average molecular weight is 370 g/mol. The molecule has 0 saturated heterocycles. The van der Waals surface area contributed by atoms with Gasteiger partial charge in [0, 0.05) is 5.56 Å². The number of benzene rings is 2. The standard InChI is InChI=1S/C21H22O6/c1-11(2)9-10-13-15(22)14-17(24)18(25)19(12-7-5-4-6-8-12)27-20(14)21(26-3)16(13)23/h4-9,18-19,22-23,25H,10H2,1-3H3/t18-,19+/m0/s1. The normalized spacial score (nSPS) is 18.4. The van der Waals surface area contributed by atoms with E-state index in [1.807, 2.05) is 19.9 Å². The highest BCUT2D eigenvalue weighted by Gasteiger charge is 2.42. The topological polar surface area (TPSA) is 96.2 Å². The lowest BCUT2D eigenvalue weighted by molar-refractivity contribution is 0.0197. The number of aromatic hydroxyl groups is 2. The van der Waals surface area contributed by atoms with E-state index < -0.39 is 23.7 Å². The maximum atomic E-state index is 12.8. The Morgan fingerprint density at radius 2 is 1.85 bits per heavy atom. The smallest absolute Gasteiger partial charge is 0.204 e.